The van der Waals surface area contributed by atoms with Crippen LogP contribution >= 0.6 is 22.9 Å². The van der Waals surface area contributed by atoms with Crippen molar-refractivity contribution in [3.05, 3.63) is 50.7 Å². The smallest absolute Gasteiger partial charge is 0.0635 e. The van der Waals surface area contributed by atoms with E-state index in [-0.39, 0.29) is 0 Å². The van der Waals surface area contributed by atoms with Crippen molar-refractivity contribution >= 4 is 28.6 Å². The molecule has 1 aromatic heterocycles. The molecule has 1 heterocycles. The van der Waals surface area contributed by atoms with Gasteiger partial charge in [0.2, 0.25) is 0 Å². The number of aryl methyl sites for hydroxylation is 1. The van der Waals surface area contributed by atoms with Crippen LogP contribution in [0.2, 0.25) is 5.02 Å². The van der Waals surface area contributed by atoms with Crippen molar-refractivity contribution < 1.29 is 0 Å². The molecule has 90 valence electrons. The van der Waals surface area contributed by atoms with Gasteiger partial charge in [-0.15, -0.1) is 0 Å². The van der Waals surface area contributed by atoms with Crippen LogP contribution in [0.4, 0.5) is 5.69 Å². The van der Waals surface area contributed by atoms with E-state index < -0.39 is 0 Å². The van der Waals surface area contributed by atoms with Gasteiger partial charge in [0.25, 0.3) is 0 Å². The Morgan fingerprint density at radius 2 is 2.12 bits per heavy atom. The molecule has 0 saturated heterocycles. The van der Waals surface area contributed by atoms with Crippen LogP contribution in [-0.2, 0) is 13.1 Å². The van der Waals surface area contributed by atoms with Crippen molar-refractivity contribution in [1.29, 1.82) is 0 Å². The van der Waals surface area contributed by atoms with E-state index in [0.29, 0.717) is 10.7 Å². The van der Waals surface area contributed by atoms with Crippen molar-refractivity contribution in [2.75, 3.05) is 5.73 Å². The molecule has 0 atom stereocenters. The second kappa shape index (κ2) is 5.54. The van der Waals surface area contributed by atoms with Crippen molar-refractivity contribution in [2.45, 2.75) is 20.0 Å². The normalized spacial score (nSPS) is 10.7. The van der Waals surface area contributed by atoms with Gasteiger partial charge < -0.3 is 11.1 Å². The Balaban J connectivity index is 1.90. The lowest BCUT2D eigenvalue weighted by Gasteiger charge is -2.06. The third-order valence-electron chi connectivity index (χ3n) is 2.67. The van der Waals surface area contributed by atoms with E-state index in [1.165, 1.54) is 11.1 Å². The first-order valence-electron chi connectivity index (χ1n) is 5.43. The van der Waals surface area contributed by atoms with Crippen LogP contribution in [0, 0.1) is 6.92 Å². The van der Waals surface area contributed by atoms with Crippen LogP contribution in [0.1, 0.15) is 16.7 Å². The predicted molar refractivity (Wildman–Crippen MR) is 75.5 cm³/mol. The molecular formula is C13H15ClN2S. The molecule has 2 rings (SSSR count). The van der Waals surface area contributed by atoms with Gasteiger partial charge in [-0.1, -0.05) is 17.7 Å². The molecule has 17 heavy (non-hydrogen) atoms. The predicted octanol–water partition coefficient (Wildman–Crippen LogP) is 3.58. The summed E-state index contributed by atoms with van der Waals surface area (Å²) in [5.41, 5.74) is 10.2. The van der Waals surface area contributed by atoms with Crippen molar-refractivity contribution in [3.8, 4) is 0 Å². The Morgan fingerprint density at radius 3 is 2.76 bits per heavy atom. The molecule has 1 aromatic carbocycles. The van der Waals surface area contributed by atoms with Crippen molar-refractivity contribution in [2.24, 2.45) is 0 Å². The van der Waals surface area contributed by atoms with Crippen molar-refractivity contribution in [1.82, 2.24) is 5.32 Å². The number of hydrogen-bond donors (Lipinski definition) is 2. The van der Waals surface area contributed by atoms with Crippen LogP contribution in [0.5, 0.6) is 0 Å². The van der Waals surface area contributed by atoms with E-state index in [1.807, 2.05) is 18.2 Å². The molecule has 0 aliphatic carbocycles. The van der Waals surface area contributed by atoms with Gasteiger partial charge in [-0.3, -0.25) is 0 Å². The number of nitrogens with one attached hydrogen (secondary N) is 1. The number of halogens is 1. The van der Waals surface area contributed by atoms with Crippen LogP contribution in [-0.4, -0.2) is 0 Å². The number of rotatable bonds is 4. The van der Waals surface area contributed by atoms with Crippen LogP contribution in [0.25, 0.3) is 0 Å². The molecule has 0 fully saturated rings. The molecule has 2 nitrogen and oxygen atoms in total. The number of hydrogen-bond acceptors (Lipinski definition) is 3. The van der Waals surface area contributed by atoms with Gasteiger partial charge in [-0.25, -0.2) is 0 Å². The van der Waals surface area contributed by atoms with E-state index in [9.17, 15) is 0 Å². The second-order valence-corrected chi connectivity index (χ2v) is 5.19. The molecule has 0 aliphatic heterocycles. The molecular weight excluding hydrogens is 252 g/mol. The summed E-state index contributed by atoms with van der Waals surface area (Å²) in [6.07, 6.45) is 0. The average Bonchev–Trinajstić information content (AvgIpc) is 2.70. The first-order valence-corrected chi connectivity index (χ1v) is 6.75. The highest BCUT2D eigenvalue weighted by Crippen LogP contribution is 2.19. The number of anilines is 1. The molecule has 4 heteroatoms. The number of nitrogen functional groups attached to an aromatic ring is 1. The lowest BCUT2D eigenvalue weighted by Crippen LogP contribution is -2.12. The van der Waals surface area contributed by atoms with Gasteiger partial charge in [0.15, 0.2) is 0 Å². The Kier molecular flexibility index (Phi) is 4.05. The van der Waals surface area contributed by atoms with Crippen LogP contribution in [0.3, 0.4) is 0 Å². The van der Waals surface area contributed by atoms with E-state index in [4.69, 9.17) is 17.3 Å². The summed E-state index contributed by atoms with van der Waals surface area (Å²) in [7, 11) is 0. The first-order chi connectivity index (χ1) is 8.16. The maximum Gasteiger partial charge on any atom is 0.0635 e. The van der Waals surface area contributed by atoms with Gasteiger partial charge in [0.05, 0.1) is 10.7 Å². The van der Waals surface area contributed by atoms with E-state index in [1.54, 1.807) is 11.3 Å². The maximum atomic E-state index is 5.87. The Labute approximate surface area is 110 Å². The van der Waals surface area contributed by atoms with E-state index in [2.05, 4.69) is 23.0 Å². The minimum atomic E-state index is 0.613. The highest BCUT2D eigenvalue weighted by molar-refractivity contribution is 7.08. The zero-order chi connectivity index (χ0) is 12.3. The minimum absolute atomic E-state index is 0.613. The fourth-order valence-electron chi connectivity index (χ4n) is 1.61. The summed E-state index contributed by atoms with van der Waals surface area (Å²) in [6.45, 7) is 3.82. The molecule has 2 aromatic rings. The zero-order valence-corrected chi connectivity index (χ0v) is 11.2. The molecule has 0 radical (unpaired) electrons. The van der Waals surface area contributed by atoms with Crippen LogP contribution < -0.4 is 11.1 Å². The quantitative estimate of drug-likeness (QED) is 0.830. The molecule has 0 amide bonds. The molecule has 0 spiro atoms. The maximum absolute atomic E-state index is 5.87. The van der Waals surface area contributed by atoms with Crippen LogP contribution in [0.15, 0.2) is 29.0 Å². The van der Waals surface area contributed by atoms with Crippen molar-refractivity contribution in [3.63, 3.8) is 0 Å². The fraction of sp³-hybridized carbons (Fsp3) is 0.231. The Hall–Kier alpha value is -1.03. The fourth-order valence-corrected chi connectivity index (χ4v) is 2.59. The monoisotopic (exact) mass is 266 g/mol. The SMILES string of the molecule is Cc1cscc1CNCc1ccc(Cl)c(N)c1. The molecule has 0 bridgehead atoms. The third-order valence-corrected chi connectivity index (χ3v) is 3.92. The largest absolute Gasteiger partial charge is 0.398 e. The van der Waals surface area contributed by atoms with Gasteiger partial charge in [-0.2, -0.15) is 11.3 Å². The minimum Gasteiger partial charge on any atom is -0.398 e. The summed E-state index contributed by atoms with van der Waals surface area (Å²) in [6, 6.07) is 5.74. The standard InChI is InChI=1S/C13H15ClN2S/c1-9-7-17-8-11(9)6-16-5-10-2-3-12(14)13(15)4-10/h2-4,7-8,16H,5-6,15H2,1H3. The first kappa shape index (κ1) is 12.4. The molecule has 3 N–H and O–H groups in total. The highest BCUT2D eigenvalue weighted by Gasteiger charge is 2.00. The number of thiophene rings is 1. The summed E-state index contributed by atoms with van der Waals surface area (Å²) in [5.74, 6) is 0. The van der Waals surface area contributed by atoms with Gasteiger partial charge >= 0.3 is 0 Å². The summed E-state index contributed by atoms with van der Waals surface area (Å²) in [5, 5.41) is 8.36. The molecule has 0 unspecified atom stereocenters. The highest BCUT2D eigenvalue weighted by atomic mass is 35.5. The Morgan fingerprint density at radius 1 is 1.29 bits per heavy atom. The lowest BCUT2D eigenvalue weighted by molar-refractivity contribution is 0.693. The lowest BCUT2D eigenvalue weighted by atomic mass is 10.2. The second-order valence-electron chi connectivity index (χ2n) is 4.04. The van der Waals surface area contributed by atoms with E-state index in [0.717, 1.165) is 18.7 Å². The van der Waals surface area contributed by atoms with Gasteiger partial charge in [0.1, 0.15) is 0 Å². The van der Waals surface area contributed by atoms with Gasteiger partial charge in [0, 0.05) is 13.1 Å². The summed E-state index contributed by atoms with van der Waals surface area (Å²) >= 11 is 7.61. The molecule has 0 saturated carbocycles. The zero-order valence-electron chi connectivity index (χ0n) is 9.66. The van der Waals surface area contributed by atoms with Gasteiger partial charge in [-0.05, 0) is 46.5 Å². The molecule has 0 aliphatic rings. The van der Waals surface area contributed by atoms with E-state index >= 15 is 0 Å². The third kappa shape index (κ3) is 3.22. The average molecular weight is 267 g/mol. The Bertz CT molecular complexity index is 508. The summed E-state index contributed by atoms with van der Waals surface area (Å²) < 4.78 is 0. The number of nitrogens with two attached hydrogens (primary N) is 1. The number of benzene rings is 1. The topological polar surface area (TPSA) is 38.0 Å². The summed E-state index contributed by atoms with van der Waals surface area (Å²) in [4.78, 5) is 0.